The van der Waals surface area contributed by atoms with E-state index >= 15 is 0 Å². The van der Waals surface area contributed by atoms with Crippen LogP contribution in [0.5, 0.6) is 0 Å². The maximum absolute atomic E-state index is 12.3. The number of carbonyl (C=O) groups is 1. The van der Waals surface area contributed by atoms with Crippen molar-refractivity contribution in [2.24, 2.45) is 0 Å². The first-order chi connectivity index (χ1) is 11.5. The van der Waals surface area contributed by atoms with Crippen LogP contribution in [0.4, 0.5) is 0 Å². The number of halogens is 1. The van der Waals surface area contributed by atoms with Crippen LogP contribution in [-0.4, -0.2) is 30.7 Å². The summed E-state index contributed by atoms with van der Waals surface area (Å²) in [5.41, 5.74) is 2.29. The van der Waals surface area contributed by atoms with Crippen molar-refractivity contribution in [3.63, 3.8) is 0 Å². The van der Waals surface area contributed by atoms with Crippen LogP contribution in [0.1, 0.15) is 24.1 Å². The molecule has 1 amide bonds. The Balaban J connectivity index is 1.85. The van der Waals surface area contributed by atoms with Gasteiger partial charge in [-0.2, -0.15) is 0 Å². The molecule has 0 saturated carbocycles. The lowest BCUT2D eigenvalue weighted by Crippen LogP contribution is -2.36. The number of hydrogen-bond donors (Lipinski definition) is 1. The number of benzene rings is 2. The third kappa shape index (κ3) is 5.65. The van der Waals surface area contributed by atoms with Crippen LogP contribution >= 0.6 is 27.7 Å². The highest BCUT2D eigenvalue weighted by molar-refractivity contribution is 9.10. The van der Waals surface area contributed by atoms with E-state index in [1.807, 2.05) is 43.1 Å². The quantitative estimate of drug-likeness (QED) is 0.687. The van der Waals surface area contributed by atoms with Crippen molar-refractivity contribution in [1.82, 2.24) is 10.2 Å². The second kappa shape index (κ2) is 9.25. The van der Waals surface area contributed by atoms with Crippen LogP contribution in [0.3, 0.4) is 0 Å². The molecule has 0 fully saturated rings. The Hall–Kier alpha value is -1.30. The van der Waals surface area contributed by atoms with E-state index in [4.69, 9.17) is 0 Å². The third-order valence-corrected chi connectivity index (χ3v) is 5.24. The van der Waals surface area contributed by atoms with Gasteiger partial charge in [0.1, 0.15) is 0 Å². The summed E-state index contributed by atoms with van der Waals surface area (Å²) in [7, 11) is 1.96. The van der Waals surface area contributed by atoms with Gasteiger partial charge in [-0.25, -0.2) is 0 Å². The summed E-state index contributed by atoms with van der Waals surface area (Å²) in [6.07, 6.45) is 2.07. The van der Waals surface area contributed by atoms with Crippen LogP contribution in [0.15, 0.2) is 57.9 Å². The summed E-state index contributed by atoms with van der Waals surface area (Å²) < 4.78 is 1.01. The zero-order valence-electron chi connectivity index (χ0n) is 14.3. The first-order valence-electron chi connectivity index (χ1n) is 7.85. The van der Waals surface area contributed by atoms with Gasteiger partial charge in [0.25, 0.3) is 0 Å². The van der Waals surface area contributed by atoms with Crippen molar-refractivity contribution in [2.75, 3.05) is 19.8 Å². The molecule has 0 saturated heterocycles. The lowest BCUT2D eigenvalue weighted by Gasteiger charge is -2.20. The molecule has 0 bridgehead atoms. The number of hydrogen-bond acceptors (Lipinski definition) is 3. The van der Waals surface area contributed by atoms with Gasteiger partial charge in [0, 0.05) is 15.9 Å². The van der Waals surface area contributed by atoms with Gasteiger partial charge in [0.05, 0.1) is 12.6 Å². The highest BCUT2D eigenvalue weighted by Crippen LogP contribution is 2.22. The average molecular weight is 407 g/mol. The lowest BCUT2D eigenvalue weighted by atomic mass is 10.1. The van der Waals surface area contributed by atoms with E-state index in [9.17, 15) is 4.79 Å². The average Bonchev–Trinajstić information content (AvgIpc) is 2.55. The molecule has 0 spiro atoms. The van der Waals surface area contributed by atoms with Gasteiger partial charge in [0.15, 0.2) is 0 Å². The summed E-state index contributed by atoms with van der Waals surface area (Å²) in [6.45, 7) is 3.13. The van der Waals surface area contributed by atoms with Crippen molar-refractivity contribution >= 4 is 33.6 Å². The van der Waals surface area contributed by atoms with Gasteiger partial charge < -0.3 is 5.32 Å². The van der Waals surface area contributed by atoms with E-state index < -0.39 is 0 Å². The first kappa shape index (κ1) is 19.0. The van der Waals surface area contributed by atoms with Crippen molar-refractivity contribution in [3.8, 4) is 0 Å². The molecule has 24 heavy (non-hydrogen) atoms. The van der Waals surface area contributed by atoms with Crippen molar-refractivity contribution < 1.29 is 4.79 Å². The fourth-order valence-corrected chi connectivity index (χ4v) is 3.57. The molecule has 1 N–H and O–H groups in total. The van der Waals surface area contributed by atoms with Crippen LogP contribution in [0.25, 0.3) is 0 Å². The topological polar surface area (TPSA) is 32.3 Å². The molecule has 2 aromatic carbocycles. The minimum absolute atomic E-state index is 0.0256. The Morgan fingerprint density at radius 2 is 1.88 bits per heavy atom. The number of amides is 1. The van der Waals surface area contributed by atoms with Gasteiger partial charge in [-0.1, -0.05) is 46.3 Å². The number of carbonyl (C=O) groups excluding carboxylic acids is 1. The molecule has 128 valence electrons. The van der Waals surface area contributed by atoms with Gasteiger partial charge in [0.2, 0.25) is 5.91 Å². The van der Waals surface area contributed by atoms with Gasteiger partial charge in [-0.05, 0) is 49.6 Å². The van der Waals surface area contributed by atoms with Crippen LogP contribution in [-0.2, 0) is 11.3 Å². The molecule has 3 nitrogen and oxygen atoms in total. The summed E-state index contributed by atoms with van der Waals surface area (Å²) >= 11 is 5.26. The number of likely N-dealkylation sites (N-methyl/N-ethyl adjacent to an activating group) is 1. The molecular weight excluding hydrogens is 384 g/mol. The molecule has 0 radical (unpaired) electrons. The highest BCUT2D eigenvalue weighted by atomic mass is 79.9. The van der Waals surface area contributed by atoms with Crippen molar-refractivity contribution in [3.05, 3.63) is 64.1 Å². The maximum atomic E-state index is 12.3. The monoisotopic (exact) mass is 406 g/mol. The van der Waals surface area contributed by atoms with Crippen LogP contribution < -0.4 is 5.32 Å². The van der Waals surface area contributed by atoms with Gasteiger partial charge in [-0.3, -0.25) is 9.69 Å². The fourth-order valence-electron chi connectivity index (χ4n) is 2.53. The van der Waals surface area contributed by atoms with Crippen molar-refractivity contribution in [1.29, 1.82) is 0 Å². The van der Waals surface area contributed by atoms with E-state index in [2.05, 4.69) is 51.8 Å². The number of rotatable bonds is 7. The highest BCUT2D eigenvalue weighted by Gasteiger charge is 2.13. The van der Waals surface area contributed by atoms with Gasteiger partial charge >= 0.3 is 0 Å². The normalized spacial score (nSPS) is 12.2. The zero-order chi connectivity index (χ0) is 17.5. The Morgan fingerprint density at radius 1 is 1.21 bits per heavy atom. The molecule has 2 rings (SSSR count). The molecule has 5 heteroatoms. The van der Waals surface area contributed by atoms with E-state index in [1.165, 1.54) is 10.5 Å². The fraction of sp³-hybridized carbons (Fsp3) is 0.316. The smallest absolute Gasteiger partial charge is 0.234 e. The third-order valence-electron chi connectivity index (χ3n) is 3.77. The SMILES string of the molecule is CSc1ccc(CN(C)CC(=O)N[C@H](C)c2ccccc2Br)cc1. The van der Waals surface area contributed by atoms with Crippen LogP contribution in [0, 0.1) is 0 Å². The molecule has 0 aliphatic carbocycles. The molecule has 0 unspecified atom stereocenters. The minimum atomic E-state index is -0.0256. The molecule has 0 aliphatic rings. The summed E-state index contributed by atoms with van der Waals surface area (Å²) in [5, 5.41) is 3.06. The standard InChI is InChI=1S/C19H23BrN2OS/c1-14(17-6-4-5-7-18(17)20)21-19(23)13-22(2)12-15-8-10-16(24-3)11-9-15/h4-11,14H,12-13H2,1-3H3,(H,21,23)/t14-/m1/s1. The Kier molecular flexibility index (Phi) is 7.34. The summed E-state index contributed by atoms with van der Waals surface area (Å²) in [6, 6.07) is 16.4. The Bertz CT molecular complexity index is 675. The van der Waals surface area contributed by atoms with E-state index in [0.717, 1.165) is 16.6 Å². The predicted octanol–water partition coefficient (Wildman–Crippen LogP) is 4.48. The van der Waals surface area contributed by atoms with E-state index in [-0.39, 0.29) is 11.9 Å². The molecule has 0 heterocycles. The largest absolute Gasteiger partial charge is 0.348 e. The zero-order valence-corrected chi connectivity index (χ0v) is 16.7. The molecule has 1 atom stereocenters. The molecule has 0 aliphatic heterocycles. The van der Waals surface area contributed by atoms with E-state index in [1.54, 1.807) is 11.8 Å². The minimum Gasteiger partial charge on any atom is -0.348 e. The Labute approximate surface area is 157 Å². The second-order valence-corrected chi connectivity index (χ2v) is 7.57. The van der Waals surface area contributed by atoms with E-state index in [0.29, 0.717) is 6.54 Å². The van der Waals surface area contributed by atoms with Crippen molar-refractivity contribution in [2.45, 2.75) is 24.4 Å². The first-order valence-corrected chi connectivity index (χ1v) is 9.86. The Morgan fingerprint density at radius 3 is 2.50 bits per heavy atom. The van der Waals surface area contributed by atoms with Gasteiger partial charge in [-0.15, -0.1) is 11.8 Å². The molecule has 0 aromatic heterocycles. The molecular formula is C19H23BrN2OS. The molecule has 2 aromatic rings. The number of nitrogens with zero attached hydrogens (tertiary/aromatic N) is 1. The maximum Gasteiger partial charge on any atom is 0.234 e. The van der Waals surface area contributed by atoms with Crippen LogP contribution in [0.2, 0.25) is 0 Å². The second-order valence-electron chi connectivity index (χ2n) is 5.83. The summed E-state index contributed by atoms with van der Waals surface area (Å²) in [5.74, 6) is 0.0292. The number of nitrogens with one attached hydrogen (secondary N) is 1. The predicted molar refractivity (Wildman–Crippen MR) is 105 cm³/mol. The summed E-state index contributed by atoms with van der Waals surface area (Å²) in [4.78, 5) is 15.5. The number of thioether (sulfide) groups is 1. The lowest BCUT2D eigenvalue weighted by molar-refractivity contribution is -0.122.